The fourth-order valence-corrected chi connectivity index (χ4v) is 7.22. The molecule has 3 aromatic heterocycles. The summed E-state index contributed by atoms with van der Waals surface area (Å²) in [6.07, 6.45) is 6.40. The third-order valence-corrected chi connectivity index (χ3v) is 9.02. The first-order valence-electron chi connectivity index (χ1n) is 14.7. The maximum atomic E-state index is 6.69. The summed E-state index contributed by atoms with van der Waals surface area (Å²) in [4.78, 5) is 0. The highest BCUT2D eigenvalue weighted by molar-refractivity contribution is 6.27. The second kappa shape index (κ2) is 8.40. The van der Waals surface area contributed by atoms with E-state index in [-0.39, 0.29) is 0 Å². The van der Waals surface area contributed by atoms with Crippen LogP contribution in [0.15, 0.2) is 136 Å². The molecule has 4 heteroatoms. The predicted molar refractivity (Wildman–Crippen MR) is 178 cm³/mol. The largest absolute Gasteiger partial charge is 0.456 e. The minimum atomic E-state index is 0.812. The topological polar surface area (TPSA) is 43.2 Å². The Bertz CT molecular complexity index is 2680. The summed E-state index contributed by atoms with van der Waals surface area (Å²) in [6, 6.07) is 38.7. The minimum Gasteiger partial charge on any atom is -0.456 e. The molecule has 0 bridgehead atoms. The van der Waals surface area contributed by atoms with Gasteiger partial charge < -0.3 is 18.7 Å². The van der Waals surface area contributed by atoms with Gasteiger partial charge in [0.1, 0.15) is 22.3 Å². The summed E-state index contributed by atoms with van der Waals surface area (Å²) < 4.78 is 15.7. The molecule has 6 aromatic carbocycles. The van der Waals surface area contributed by atoms with E-state index in [1.54, 1.807) is 0 Å². The summed E-state index contributed by atoms with van der Waals surface area (Å²) in [5, 5.41) is 12.5. The van der Waals surface area contributed by atoms with E-state index in [1.807, 2.05) is 6.20 Å². The Hall–Kier alpha value is -5.74. The normalized spacial score (nSPS) is 13.7. The van der Waals surface area contributed by atoms with E-state index < -0.39 is 0 Å². The minimum absolute atomic E-state index is 0.812. The molecule has 1 N–H and O–H groups in total. The van der Waals surface area contributed by atoms with Crippen LogP contribution in [0.25, 0.3) is 87.7 Å². The molecule has 0 spiro atoms. The molecule has 1 aliphatic heterocycles. The van der Waals surface area contributed by atoms with E-state index in [0.29, 0.717) is 0 Å². The number of allylic oxidation sites excluding steroid dienone is 2. The van der Waals surface area contributed by atoms with Crippen LogP contribution in [0.1, 0.15) is 5.56 Å². The number of para-hydroxylation sites is 1. The van der Waals surface area contributed by atoms with E-state index in [4.69, 9.17) is 8.83 Å². The number of benzene rings is 6. The van der Waals surface area contributed by atoms with Crippen molar-refractivity contribution in [2.75, 3.05) is 6.54 Å². The van der Waals surface area contributed by atoms with Crippen LogP contribution in [0, 0.1) is 0 Å². The van der Waals surface area contributed by atoms with Crippen molar-refractivity contribution < 1.29 is 8.83 Å². The van der Waals surface area contributed by atoms with Crippen LogP contribution < -0.4 is 5.32 Å². The molecule has 1 aliphatic rings. The highest BCUT2D eigenvalue weighted by Crippen LogP contribution is 2.45. The number of hydrogen-bond donors (Lipinski definition) is 1. The molecular weight excluding hydrogens is 528 g/mol. The predicted octanol–water partition coefficient (Wildman–Crippen LogP) is 10.2. The molecule has 0 aliphatic carbocycles. The third kappa shape index (κ3) is 3.04. The molecule has 0 fully saturated rings. The van der Waals surface area contributed by atoms with Gasteiger partial charge in [0.15, 0.2) is 5.58 Å². The van der Waals surface area contributed by atoms with Crippen LogP contribution in [0.4, 0.5) is 0 Å². The number of fused-ring (bicyclic) bond motifs is 12. The van der Waals surface area contributed by atoms with Gasteiger partial charge in [0, 0.05) is 34.2 Å². The fourth-order valence-electron chi connectivity index (χ4n) is 7.22. The Kier molecular flexibility index (Phi) is 4.47. The van der Waals surface area contributed by atoms with Crippen LogP contribution in [-0.4, -0.2) is 11.1 Å². The lowest BCUT2D eigenvalue weighted by molar-refractivity contribution is 0.668. The molecule has 0 atom stereocenters. The molecular formula is C39H24N2O2. The van der Waals surface area contributed by atoms with Crippen LogP contribution in [0.5, 0.6) is 0 Å². The molecule has 0 radical (unpaired) electrons. The number of rotatable bonds is 2. The van der Waals surface area contributed by atoms with Gasteiger partial charge in [-0.3, -0.25) is 0 Å². The average Bonchev–Trinajstić information content (AvgIpc) is 3.73. The summed E-state index contributed by atoms with van der Waals surface area (Å²) in [5.74, 6) is 0. The summed E-state index contributed by atoms with van der Waals surface area (Å²) in [5.41, 5.74) is 9.22. The van der Waals surface area contributed by atoms with Gasteiger partial charge in [-0.1, -0.05) is 84.9 Å². The molecule has 0 unspecified atom stereocenters. The zero-order chi connectivity index (χ0) is 28.1. The first-order valence-corrected chi connectivity index (χ1v) is 14.7. The zero-order valence-electron chi connectivity index (χ0n) is 23.1. The van der Waals surface area contributed by atoms with Gasteiger partial charge in [0.25, 0.3) is 0 Å². The monoisotopic (exact) mass is 552 g/mol. The van der Waals surface area contributed by atoms with Crippen LogP contribution >= 0.6 is 0 Å². The molecule has 9 aromatic rings. The van der Waals surface area contributed by atoms with Crippen molar-refractivity contribution in [1.29, 1.82) is 0 Å². The van der Waals surface area contributed by atoms with Gasteiger partial charge in [-0.25, -0.2) is 0 Å². The smallest absolute Gasteiger partial charge is 0.161 e. The van der Waals surface area contributed by atoms with E-state index in [2.05, 4.69) is 131 Å². The van der Waals surface area contributed by atoms with Crippen molar-refractivity contribution in [1.82, 2.24) is 9.88 Å². The van der Waals surface area contributed by atoms with Gasteiger partial charge in [-0.2, -0.15) is 0 Å². The third-order valence-electron chi connectivity index (χ3n) is 9.02. The van der Waals surface area contributed by atoms with E-state index in [0.717, 1.165) is 67.1 Å². The lowest BCUT2D eigenvalue weighted by atomic mass is 9.95. The van der Waals surface area contributed by atoms with Gasteiger partial charge in [0.05, 0.1) is 16.6 Å². The average molecular weight is 553 g/mol. The number of nitrogens with zero attached hydrogens (tertiary/aromatic N) is 1. The van der Waals surface area contributed by atoms with Gasteiger partial charge in [0.2, 0.25) is 0 Å². The molecule has 10 rings (SSSR count). The van der Waals surface area contributed by atoms with Crippen molar-refractivity contribution >= 4 is 82.0 Å². The quantitative estimate of drug-likeness (QED) is 0.232. The molecule has 4 heterocycles. The maximum absolute atomic E-state index is 6.69. The summed E-state index contributed by atoms with van der Waals surface area (Å²) in [6.45, 7) is 0.812. The van der Waals surface area contributed by atoms with E-state index >= 15 is 0 Å². The first kappa shape index (κ1) is 22.9. The Morgan fingerprint density at radius 2 is 1.40 bits per heavy atom. The lowest BCUT2D eigenvalue weighted by Gasteiger charge is -2.13. The van der Waals surface area contributed by atoms with Gasteiger partial charge >= 0.3 is 0 Å². The maximum Gasteiger partial charge on any atom is 0.161 e. The Labute approximate surface area is 245 Å². The number of furan rings is 2. The number of aromatic nitrogens is 1. The summed E-state index contributed by atoms with van der Waals surface area (Å²) >= 11 is 0. The van der Waals surface area contributed by atoms with Crippen LogP contribution in [-0.2, 0) is 0 Å². The molecule has 4 nitrogen and oxygen atoms in total. The fraction of sp³-hybridized carbons (Fsp3) is 0.0256. The molecule has 0 saturated carbocycles. The highest BCUT2D eigenvalue weighted by Gasteiger charge is 2.24. The highest BCUT2D eigenvalue weighted by atomic mass is 16.3. The Balaban J connectivity index is 1.40. The van der Waals surface area contributed by atoms with Crippen molar-refractivity contribution in [2.24, 2.45) is 0 Å². The van der Waals surface area contributed by atoms with Crippen LogP contribution in [0.2, 0.25) is 0 Å². The van der Waals surface area contributed by atoms with E-state index in [1.165, 1.54) is 32.7 Å². The van der Waals surface area contributed by atoms with Crippen molar-refractivity contribution in [3.05, 3.63) is 133 Å². The van der Waals surface area contributed by atoms with Gasteiger partial charge in [-0.15, -0.1) is 0 Å². The second-order valence-electron chi connectivity index (χ2n) is 11.3. The SMILES string of the molecule is C1=CC(c2cccc3oc4cc(-n5c6ccccc6c6oc7ccc8ccccc8c7c65)c5ccccc5c4c23)=CCN1. The molecule has 0 saturated heterocycles. The molecule has 43 heavy (non-hydrogen) atoms. The molecule has 202 valence electrons. The van der Waals surface area contributed by atoms with Crippen molar-refractivity contribution in [3.63, 3.8) is 0 Å². The van der Waals surface area contributed by atoms with Crippen molar-refractivity contribution in [2.45, 2.75) is 0 Å². The van der Waals surface area contributed by atoms with Gasteiger partial charge in [-0.05, 0) is 63.8 Å². The second-order valence-corrected chi connectivity index (χ2v) is 11.3. The standard InChI is InChI=1S/C39H24N2O2/c1-2-9-26-23(8-1)16-17-33-37(26)38-39(43-33)29-12-5-6-14-30(29)41(38)31-22-34-36(28-11-4-3-10-27(28)31)35-25(13-7-15-32(35)42-34)24-18-20-40-21-19-24/h1-20,22,40H,21H2. The number of nitrogens with one attached hydrogen (secondary N) is 1. The Morgan fingerprint density at radius 1 is 0.605 bits per heavy atom. The number of hydrogen-bond acceptors (Lipinski definition) is 3. The Morgan fingerprint density at radius 3 is 2.28 bits per heavy atom. The lowest BCUT2D eigenvalue weighted by Crippen LogP contribution is -2.08. The molecule has 0 amide bonds. The van der Waals surface area contributed by atoms with Crippen LogP contribution in [0.3, 0.4) is 0 Å². The van der Waals surface area contributed by atoms with Crippen molar-refractivity contribution in [3.8, 4) is 5.69 Å². The summed E-state index contributed by atoms with van der Waals surface area (Å²) in [7, 11) is 0. The first-order chi connectivity index (χ1) is 21.3. The van der Waals surface area contributed by atoms with E-state index in [9.17, 15) is 0 Å². The number of dihydropyridines is 1. The zero-order valence-corrected chi connectivity index (χ0v) is 23.1.